The molecular weight excluding hydrogens is 800 g/mol. The number of alkyl halides is 23. The Bertz CT molecular complexity index is 1420. The van der Waals surface area contributed by atoms with Gasteiger partial charge in [0.25, 0.3) is 0 Å². The summed E-state index contributed by atoms with van der Waals surface area (Å²) >= 11 is 0. The van der Waals surface area contributed by atoms with Crippen molar-refractivity contribution in [2.45, 2.75) is 66.5 Å². The second kappa shape index (κ2) is 13.4. The topological polar surface area (TPSA) is 123 Å². The molecular formula is C19H10BF23N2O6. The zero-order valence-corrected chi connectivity index (χ0v) is 22.8. The fourth-order valence-corrected chi connectivity index (χ4v) is 3.08. The molecule has 0 aliphatic heterocycles. The summed E-state index contributed by atoms with van der Waals surface area (Å²) in [6.07, 6.45) is -57.9. The lowest BCUT2D eigenvalue weighted by molar-refractivity contribution is -0.580. The van der Waals surface area contributed by atoms with Crippen molar-refractivity contribution in [1.82, 2.24) is 0 Å². The van der Waals surface area contributed by atoms with Gasteiger partial charge in [-0.15, -0.1) is 0 Å². The molecule has 5 N–H and O–H groups in total. The van der Waals surface area contributed by atoms with E-state index in [1.54, 1.807) is 5.32 Å². The maximum atomic E-state index is 15.3. The zero-order chi connectivity index (χ0) is 41.0. The van der Waals surface area contributed by atoms with Crippen LogP contribution in [-0.2, 0) is 24.9 Å². The first kappa shape index (κ1) is 45.9. The number of amides is 1. The van der Waals surface area contributed by atoms with Crippen LogP contribution in [0.2, 0.25) is 0 Å². The standard InChI is InChI=1S/C19H10BF23N2O6/c21-9(13(26,27)28,6-2-1-5(45-8(46)4-44)3-7(6)20(47)48)49-18(40,41)11(24,15(32,33)34)51-19(42,43)12(25,16(35,36)37)50-17(38,39)10(22,23)14(29,30)31/h1-3,47-48H,4,44H2,(H,45,46). The van der Waals surface area contributed by atoms with Crippen molar-refractivity contribution in [3.63, 3.8) is 0 Å². The summed E-state index contributed by atoms with van der Waals surface area (Å²) in [4.78, 5) is 11.3. The first-order chi connectivity index (χ1) is 22.1. The fraction of sp³-hybridized carbons (Fsp3) is 0.632. The van der Waals surface area contributed by atoms with E-state index in [9.17, 15) is 111 Å². The smallest absolute Gasteiger partial charge is 0.423 e. The van der Waals surface area contributed by atoms with E-state index in [4.69, 9.17) is 5.73 Å². The molecule has 0 saturated carbocycles. The molecule has 1 aromatic carbocycles. The number of rotatable bonds is 13. The third-order valence-electron chi connectivity index (χ3n) is 5.52. The van der Waals surface area contributed by atoms with E-state index >= 15 is 4.39 Å². The number of halogens is 23. The average molecular weight is 810 g/mol. The van der Waals surface area contributed by atoms with Crippen LogP contribution < -0.4 is 16.5 Å². The minimum Gasteiger partial charge on any atom is -0.423 e. The third kappa shape index (κ3) is 8.28. The van der Waals surface area contributed by atoms with Gasteiger partial charge in [0.15, 0.2) is 0 Å². The van der Waals surface area contributed by atoms with Gasteiger partial charge in [0, 0.05) is 11.3 Å². The van der Waals surface area contributed by atoms with Crippen LogP contribution >= 0.6 is 0 Å². The van der Waals surface area contributed by atoms with Gasteiger partial charge in [-0.05, 0) is 17.6 Å². The summed E-state index contributed by atoms with van der Waals surface area (Å²) in [5, 5.41) is 20.1. The zero-order valence-electron chi connectivity index (χ0n) is 22.8. The van der Waals surface area contributed by atoms with Crippen LogP contribution in [0.5, 0.6) is 0 Å². The van der Waals surface area contributed by atoms with Crippen molar-refractivity contribution in [3.8, 4) is 0 Å². The molecule has 51 heavy (non-hydrogen) atoms. The Balaban J connectivity index is 4.06. The molecule has 0 radical (unpaired) electrons. The maximum Gasteiger partial charge on any atom is 0.489 e. The Morgan fingerprint density at radius 1 is 0.608 bits per heavy atom. The molecule has 0 aliphatic rings. The van der Waals surface area contributed by atoms with E-state index in [0.717, 1.165) is 4.74 Å². The van der Waals surface area contributed by atoms with Crippen LogP contribution in [0.15, 0.2) is 18.2 Å². The molecule has 1 rings (SSSR count). The molecule has 3 unspecified atom stereocenters. The van der Waals surface area contributed by atoms with E-state index in [1.807, 2.05) is 0 Å². The van der Waals surface area contributed by atoms with Gasteiger partial charge in [0.2, 0.25) is 5.91 Å². The molecule has 0 fully saturated rings. The van der Waals surface area contributed by atoms with Crippen LogP contribution in [0.1, 0.15) is 5.56 Å². The number of ether oxygens (including phenoxy) is 3. The third-order valence-corrected chi connectivity index (χ3v) is 5.52. The molecule has 0 bridgehead atoms. The number of hydrogen-bond donors (Lipinski definition) is 4. The Morgan fingerprint density at radius 3 is 1.33 bits per heavy atom. The molecule has 32 heteroatoms. The van der Waals surface area contributed by atoms with Gasteiger partial charge >= 0.3 is 73.6 Å². The SMILES string of the molecule is NCC(=O)Nc1ccc(C(F)(OC(F)(F)C(F)(OC(F)(F)C(F)(OC(F)(F)C(F)(F)C(F)(F)F)C(F)(F)F)C(F)(F)F)C(F)(F)F)c(B(O)O)c1. The van der Waals surface area contributed by atoms with E-state index < -0.39 is 109 Å². The van der Waals surface area contributed by atoms with E-state index in [1.165, 1.54) is 4.74 Å². The Hall–Kier alpha value is -3.10. The van der Waals surface area contributed by atoms with E-state index in [2.05, 4.69) is 4.74 Å². The average Bonchev–Trinajstić information content (AvgIpc) is 2.89. The van der Waals surface area contributed by atoms with Crippen molar-refractivity contribution in [1.29, 1.82) is 0 Å². The van der Waals surface area contributed by atoms with E-state index in [-0.39, 0.29) is 12.1 Å². The van der Waals surface area contributed by atoms with Gasteiger partial charge in [-0.25, -0.2) is 0 Å². The predicted octanol–water partition coefficient (Wildman–Crippen LogP) is 5.43. The minimum absolute atomic E-state index is 0.0670. The summed E-state index contributed by atoms with van der Waals surface area (Å²) in [5.41, 5.74) is -1.29. The minimum atomic E-state index is -8.81. The van der Waals surface area contributed by atoms with Gasteiger partial charge in [0.05, 0.1) is 6.54 Å². The monoisotopic (exact) mass is 810 g/mol. The van der Waals surface area contributed by atoms with Crippen LogP contribution in [0.25, 0.3) is 0 Å². The molecule has 296 valence electrons. The fourth-order valence-electron chi connectivity index (χ4n) is 3.08. The highest BCUT2D eigenvalue weighted by atomic mass is 19.4. The second-order valence-corrected chi connectivity index (χ2v) is 9.14. The summed E-state index contributed by atoms with van der Waals surface area (Å²) in [7, 11) is -3.63. The Labute approximate surface area is 263 Å². The number of hydrogen-bond acceptors (Lipinski definition) is 7. The summed E-state index contributed by atoms with van der Waals surface area (Å²) < 4.78 is 316. The maximum absolute atomic E-state index is 15.3. The number of anilines is 1. The number of benzene rings is 1. The number of nitrogens with one attached hydrogen (secondary N) is 1. The lowest BCUT2D eigenvalue weighted by Crippen LogP contribution is -2.70. The van der Waals surface area contributed by atoms with Crippen molar-refractivity contribution in [2.24, 2.45) is 5.73 Å². The Kier molecular flexibility index (Phi) is 12.1. The second-order valence-electron chi connectivity index (χ2n) is 9.14. The largest absolute Gasteiger partial charge is 0.489 e. The molecule has 0 aromatic heterocycles. The molecule has 0 spiro atoms. The highest BCUT2D eigenvalue weighted by molar-refractivity contribution is 6.59. The number of carbonyl (C=O) groups excluding carboxylic acids is 1. The van der Waals surface area contributed by atoms with Crippen molar-refractivity contribution in [3.05, 3.63) is 23.8 Å². The molecule has 0 aliphatic carbocycles. The van der Waals surface area contributed by atoms with Crippen LogP contribution in [0.4, 0.5) is 107 Å². The van der Waals surface area contributed by atoms with Gasteiger partial charge in [-0.2, -0.15) is 101 Å². The summed E-state index contributed by atoms with van der Waals surface area (Å²) in [6, 6.07) is -0.940. The summed E-state index contributed by atoms with van der Waals surface area (Å²) in [5.74, 6) is -33.9. The van der Waals surface area contributed by atoms with Crippen LogP contribution in [0, 0.1) is 0 Å². The first-order valence-electron chi connectivity index (χ1n) is 11.6. The first-order valence-corrected chi connectivity index (χ1v) is 11.6. The highest BCUT2D eigenvalue weighted by Crippen LogP contribution is 2.60. The van der Waals surface area contributed by atoms with Gasteiger partial charge < -0.3 is 21.1 Å². The predicted molar refractivity (Wildman–Crippen MR) is 112 cm³/mol. The quantitative estimate of drug-likeness (QED) is 0.155. The van der Waals surface area contributed by atoms with Crippen molar-refractivity contribution >= 4 is 24.2 Å². The molecule has 1 aromatic rings. The number of carbonyl (C=O) groups is 1. The van der Waals surface area contributed by atoms with Gasteiger partial charge in [-0.1, -0.05) is 6.07 Å². The Morgan fingerprint density at radius 2 is 1.00 bits per heavy atom. The van der Waals surface area contributed by atoms with Crippen molar-refractivity contribution < 1.29 is 130 Å². The number of nitrogens with two attached hydrogens (primary N) is 1. The van der Waals surface area contributed by atoms with E-state index in [0.29, 0.717) is 0 Å². The molecule has 3 atom stereocenters. The van der Waals surface area contributed by atoms with Gasteiger partial charge in [0.1, 0.15) is 0 Å². The highest BCUT2D eigenvalue weighted by Gasteiger charge is 2.88. The van der Waals surface area contributed by atoms with Crippen molar-refractivity contribution in [2.75, 3.05) is 11.9 Å². The van der Waals surface area contributed by atoms with Crippen LogP contribution in [0.3, 0.4) is 0 Å². The normalized spacial score (nSPS) is 18.1. The van der Waals surface area contributed by atoms with Gasteiger partial charge in [-0.3, -0.25) is 19.0 Å². The molecule has 8 nitrogen and oxygen atoms in total. The lowest BCUT2D eigenvalue weighted by Gasteiger charge is -2.43. The molecule has 1 amide bonds. The lowest BCUT2D eigenvalue weighted by atomic mass is 9.74. The summed E-state index contributed by atoms with van der Waals surface area (Å²) in [6.45, 7) is -0.980. The van der Waals surface area contributed by atoms with Crippen LogP contribution in [-0.4, -0.2) is 90.3 Å². The molecule has 0 heterocycles. The molecule has 0 saturated heterocycles.